The highest BCUT2D eigenvalue weighted by Crippen LogP contribution is 2.49. The zero-order valence-corrected chi connectivity index (χ0v) is 12.3. The Morgan fingerprint density at radius 1 is 1.20 bits per heavy atom. The quantitative estimate of drug-likeness (QED) is 0.639. The lowest BCUT2D eigenvalue weighted by atomic mass is 10.1. The second kappa shape index (κ2) is 4.01. The number of anilines is 2. The van der Waals surface area contributed by atoms with Gasteiger partial charge in [0.1, 0.15) is 12.0 Å². The minimum absolute atomic E-state index is 0.208. The number of benzene rings is 1. The highest BCUT2D eigenvalue weighted by Gasteiger charge is 2.56. The maximum Gasteiger partial charge on any atom is 0.276 e. The molecule has 0 saturated heterocycles. The molecule has 0 aliphatic carbocycles. The number of hydrogen-bond donors (Lipinski definition) is 1. The molecule has 1 aromatic heterocycles. The van der Waals surface area contributed by atoms with Crippen molar-refractivity contribution in [2.45, 2.75) is 26.4 Å². The molecule has 104 valence electrons. The van der Waals surface area contributed by atoms with E-state index in [-0.39, 0.29) is 10.3 Å². The summed E-state index contributed by atoms with van der Waals surface area (Å²) in [6.07, 6.45) is 3.40. The predicted octanol–water partition coefficient (Wildman–Crippen LogP) is 2.48. The molecule has 3 rings (SSSR count). The minimum Gasteiger partial charge on any atom is -0.279 e. The summed E-state index contributed by atoms with van der Waals surface area (Å²) in [5.74, 6) is 7.39. The van der Waals surface area contributed by atoms with Gasteiger partial charge in [-0.25, -0.2) is 4.98 Å². The van der Waals surface area contributed by atoms with Crippen LogP contribution in [0.15, 0.2) is 36.8 Å². The van der Waals surface area contributed by atoms with E-state index in [0.29, 0.717) is 0 Å². The molecule has 0 amide bonds. The second-order valence-corrected chi connectivity index (χ2v) is 5.92. The average molecular weight is 270 g/mol. The Kier molecular flexibility index (Phi) is 2.61. The molecule has 1 unspecified atom stereocenters. The first kappa shape index (κ1) is 13.0. The van der Waals surface area contributed by atoms with E-state index in [4.69, 9.17) is 5.84 Å². The van der Waals surface area contributed by atoms with Gasteiger partial charge in [0.25, 0.3) is 5.82 Å². The van der Waals surface area contributed by atoms with Crippen LogP contribution in [-0.4, -0.2) is 22.7 Å². The fourth-order valence-corrected chi connectivity index (χ4v) is 2.83. The maximum absolute atomic E-state index is 6.55. The Hall–Kier alpha value is -1.98. The van der Waals surface area contributed by atoms with Crippen LogP contribution in [0.2, 0.25) is 0 Å². The summed E-state index contributed by atoms with van der Waals surface area (Å²) in [4.78, 5) is 10.8. The van der Waals surface area contributed by atoms with E-state index in [1.54, 1.807) is 6.33 Å². The molecule has 1 aliphatic heterocycles. The van der Waals surface area contributed by atoms with Gasteiger partial charge < -0.3 is 0 Å². The topological polar surface area (TPSA) is 55.0 Å². The number of aryl methyl sites for hydroxylation is 1. The highest BCUT2D eigenvalue weighted by molar-refractivity contribution is 5.80. The molecule has 5 heteroatoms. The van der Waals surface area contributed by atoms with E-state index in [0.717, 1.165) is 17.2 Å². The Bertz CT molecular complexity index is 663. The summed E-state index contributed by atoms with van der Waals surface area (Å²) in [6, 6.07) is 8.30. The van der Waals surface area contributed by atoms with Crippen LogP contribution in [0.3, 0.4) is 0 Å². The van der Waals surface area contributed by atoms with Crippen molar-refractivity contribution < 1.29 is 0 Å². The van der Waals surface area contributed by atoms with Crippen molar-refractivity contribution >= 4 is 17.2 Å². The van der Waals surface area contributed by atoms with E-state index < -0.39 is 0 Å². The molecule has 1 aromatic carbocycles. The van der Waals surface area contributed by atoms with Crippen LogP contribution in [0.5, 0.6) is 0 Å². The summed E-state index contributed by atoms with van der Waals surface area (Å²) in [5.41, 5.74) is 2.97. The smallest absolute Gasteiger partial charge is 0.276 e. The zero-order chi connectivity index (χ0) is 14.5. The molecule has 0 radical (unpaired) electrons. The summed E-state index contributed by atoms with van der Waals surface area (Å²) in [5, 5.41) is 0. The van der Waals surface area contributed by atoms with Crippen LogP contribution in [0, 0.1) is 6.92 Å². The number of para-hydroxylation sites is 1. The molecule has 0 fully saturated rings. The van der Waals surface area contributed by atoms with Crippen molar-refractivity contribution in [3.8, 4) is 0 Å². The van der Waals surface area contributed by atoms with Gasteiger partial charge in [0, 0.05) is 13.8 Å². The normalized spacial score (nSPS) is 23.8. The summed E-state index contributed by atoms with van der Waals surface area (Å²) >= 11 is 0. The highest BCUT2D eigenvalue weighted by atomic mass is 15.7. The van der Waals surface area contributed by atoms with Crippen molar-refractivity contribution in [2.24, 2.45) is 5.84 Å². The van der Waals surface area contributed by atoms with Crippen molar-refractivity contribution in [2.75, 3.05) is 11.9 Å². The van der Waals surface area contributed by atoms with Gasteiger partial charge in [0.05, 0.1) is 18.9 Å². The third-order valence-electron chi connectivity index (χ3n) is 4.39. The summed E-state index contributed by atoms with van der Waals surface area (Å²) < 4.78 is 0.208. The van der Waals surface area contributed by atoms with Gasteiger partial charge >= 0.3 is 0 Å². The van der Waals surface area contributed by atoms with Crippen LogP contribution < -0.4 is 15.3 Å². The minimum atomic E-state index is -0.343. The predicted molar refractivity (Wildman–Crippen MR) is 81.3 cm³/mol. The Labute approximate surface area is 119 Å². The van der Waals surface area contributed by atoms with Crippen LogP contribution in [0.25, 0.3) is 0 Å². The van der Waals surface area contributed by atoms with Gasteiger partial charge in [0.2, 0.25) is 0 Å². The molecule has 5 nitrogen and oxygen atoms in total. The van der Waals surface area contributed by atoms with E-state index in [2.05, 4.69) is 47.8 Å². The van der Waals surface area contributed by atoms with Crippen LogP contribution >= 0.6 is 0 Å². The van der Waals surface area contributed by atoms with E-state index in [9.17, 15) is 0 Å². The lowest BCUT2D eigenvalue weighted by Crippen LogP contribution is -2.67. The van der Waals surface area contributed by atoms with Crippen LogP contribution in [0.1, 0.15) is 19.4 Å². The second-order valence-electron chi connectivity index (χ2n) is 5.92. The third kappa shape index (κ3) is 1.50. The molecule has 0 spiro atoms. The Morgan fingerprint density at radius 3 is 2.60 bits per heavy atom. The average Bonchev–Trinajstić information content (AvgIpc) is 2.56. The molecule has 0 bridgehead atoms. The van der Waals surface area contributed by atoms with Gasteiger partial charge in [-0.05, 0) is 18.6 Å². The number of hydrogen-bond acceptors (Lipinski definition) is 4. The molecule has 20 heavy (non-hydrogen) atoms. The largest absolute Gasteiger partial charge is 0.279 e. The number of quaternary nitrogens is 1. The van der Waals surface area contributed by atoms with Crippen molar-refractivity contribution in [1.29, 1.82) is 0 Å². The number of aromatic nitrogens is 2. The first-order chi connectivity index (χ1) is 9.37. The fraction of sp³-hybridized carbons (Fsp3) is 0.333. The zero-order valence-electron chi connectivity index (χ0n) is 12.3. The lowest BCUT2D eigenvalue weighted by Gasteiger charge is -2.40. The Morgan fingerprint density at radius 2 is 1.90 bits per heavy atom. The molecular formula is C15H20N5+. The first-order valence-electron chi connectivity index (χ1n) is 6.69. The first-order valence-corrected chi connectivity index (χ1v) is 6.69. The number of rotatable bonds is 1. The van der Waals surface area contributed by atoms with Gasteiger partial charge in [-0.1, -0.05) is 18.2 Å². The number of nitrogens with zero attached hydrogens (tertiary/aromatic N) is 4. The fourth-order valence-electron chi connectivity index (χ4n) is 2.83. The van der Waals surface area contributed by atoms with Crippen molar-refractivity contribution in [3.63, 3.8) is 0 Å². The number of nitrogens with two attached hydrogens (primary N) is 1. The van der Waals surface area contributed by atoms with Crippen LogP contribution in [0.4, 0.5) is 17.2 Å². The maximum atomic E-state index is 6.55. The molecular weight excluding hydrogens is 250 g/mol. The van der Waals surface area contributed by atoms with E-state index in [1.807, 2.05) is 25.4 Å². The third-order valence-corrected chi connectivity index (χ3v) is 4.39. The summed E-state index contributed by atoms with van der Waals surface area (Å²) in [6.45, 7) is 6.36. The molecule has 1 aliphatic rings. The van der Waals surface area contributed by atoms with Gasteiger partial charge in [-0.2, -0.15) is 15.4 Å². The van der Waals surface area contributed by atoms with Gasteiger partial charge in [-0.3, -0.25) is 4.90 Å². The molecule has 1 atom stereocenters. The van der Waals surface area contributed by atoms with Gasteiger partial charge in [0.15, 0.2) is 5.66 Å². The van der Waals surface area contributed by atoms with E-state index in [1.165, 1.54) is 5.56 Å². The standard InChI is InChI=1S/C15H20N5/c1-11-7-5-6-8-12(11)19-13-9-17-10-18-14(13)20(4,16)15(19,2)3/h5-10H,16H2,1-4H3/q+1. The molecule has 2 N–H and O–H groups in total. The van der Waals surface area contributed by atoms with Crippen molar-refractivity contribution in [3.05, 3.63) is 42.4 Å². The lowest BCUT2D eigenvalue weighted by molar-refractivity contribution is 0.184. The monoisotopic (exact) mass is 270 g/mol. The Balaban J connectivity index is 2.29. The van der Waals surface area contributed by atoms with Crippen molar-refractivity contribution in [1.82, 2.24) is 14.6 Å². The van der Waals surface area contributed by atoms with E-state index >= 15 is 0 Å². The van der Waals surface area contributed by atoms with Gasteiger partial charge in [-0.15, -0.1) is 0 Å². The SMILES string of the molecule is Cc1ccccc1N1c2cncnc2[N+](C)(N)C1(C)C. The number of fused-ring (bicyclic) bond motifs is 1. The molecule has 0 saturated carbocycles. The molecule has 2 aromatic rings. The molecule has 2 heterocycles. The summed E-state index contributed by atoms with van der Waals surface area (Å²) in [7, 11) is 1.98. The van der Waals surface area contributed by atoms with Crippen LogP contribution in [-0.2, 0) is 0 Å².